The Balaban J connectivity index is 2.35. The van der Waals surface area contributed by atoms with Crippen molar-refractivity contribution >= 4 is 17.6 Å². The van der Waals surface area contributed by atoms with Crippen LogP contribution < -0.4 is 5.73 Å². The Kier molecular flexibility index (Phi) is 3.00. The SMILES string of the molecule is Cc1nc(N)c(C)c(Sc2ncccn2)n1. The summed E-state index contributed by atoms with van der Waals surface area (Å²) in [6, 6.07) is 1.77. The van der Waals surface area contributed by atoms with E-state index in [-0.39, 0.29) is 0 Å². The number of anilines is 1. The van der Waals surface area contributed by atoms with Crippen LogP contribution in [0.2, 0.25) is 0 Å². The number of hydrogen-bond donors (Lipinski definition) is 1. The minimum Gasteiger partial charge on any atom is -0.383 e. The van der Waals surface area contributed by atoms with Crippen molar-refractivity contribution in [2.24, 2.45) is 0 Å². The molecule has 5 nitrogen and oxygen atoms in total. The van der Waals surface area contributed by atoms with E-state index < -0.39 is 0 Å². The minimum atomic E-state index is 0.505. The number of nitrogen functional groups attached to an aromatic ring is 1. The molecule has 0 saturated carbocycles. The van der Waals surface area contributed by atoms with Crippen LogP contribution in [0.1, 0.15) is 11.4 Å². The summed E-state index contributed by atoms with van der Waals surface area (Å²) in [6.45, 7) is 3.70. The van der Waals surface area contributed by atoms with Crippen LogP contribution in [-0.4, -0.2) is 19.9 Å². The van der Waals surface area contributed by atoms with E-state index in [0.717, 1.165) is 10.6 Å². The van der Waals surface area contributed by atoms with Gasteiger partial charge in [0.05, 0.1) is 0 Å². The van der Waals surface area contributed by atoms with Gasteiger partial charge in [-0.15, -0.1) is 0 Å². The maximum atomic E-state index is 5.77. The van der Waals surface area contributed by atoms with Gasteiger partial charge in [-0.25, -0.2) is 19.9 Å². The quantitative estimate of drug-likeness (QED) is 0.627. The van der Waals surface area contributed by atoms with Gasteiger partial charge in [-0.05, 0) is 31.7 Å². The topological polar surface area (TPSA) is 77.6 Å². The van der Waals surface area contributed by atoms with Crippen molar-refractivity contribution < 1.29 is 0 Å². The third-order valence-corrected chi connectivity index (χ3v) is 2.96. The third-order valence-electron chi connectivity index (χ3n) is 1.98. The molecule has 0 fully saturated rings. The van der Waals surface area contributed by atoms with Gasteiger partial charge in [-0.1, -0.05) is 0 Å². The maximum absolute atomic E-state index is 5.77. The van der Waals surface area contributed by atoms with Crippen LogP contribution in [0.3, 0.4) is 0 Å². The molecule has 0 unspecified atom stereocenters. The van der Waals surface area contributed by atoms with E-state index in [1.54, 1.807) is 18.5 Å². The number of rotatable bonds is 2. The van der Waals surface area contributed by atoms with Gasteiger partial charge >= 0.3 is 0 Å². The summed E-state index contributed by atoms with van der Waals surface area (Å²) >= 11 is 1.39. The van der Waals surface area contributed by atoms with Gasteiger partial charge in [0.25, 0.3) is 0 Å². The molecule has 0 aliphatic carbocycles. The largest absolute Gasteiger partial charge is 0.383 e. The second-order valence-corrected chi connectivity index (χ2v) is 4.18. The van der Waals surface area contributed by atoms with Gasteiger partial charge < -0.3 is 5.73 Å². The molecule has 2 heterocycles. The van der Waals surface area contributed by atoms with Crippen molar-refractivity contribution in [3.63, 3.8) is 0 Å². The third kappa shape index (κ3) is 2.27. The second-order valence-electron chi connectivity index (χ2n) is 3.22. The fourth-order valence-corrected chi connectivity index (χ4v) is 1.98. The molecule has 0 aliphatic rings. The van der Waals surface area contributed by atoms with Gasteiger partial charge in [0.2, 0.25) is 0 Å². The van der Waals surface area contributed by atoms with Crippen LogP contribution in [0.5, 0.6) is 0 Å². The molecule has 2 aromatic heterocycles. The van der Waals surface area contributed by atoms with E-state index in [1.165, 1.54) is 11.8 Å². The highest BCUT2D eigenvalue weighted by Gasteiger charge is 2.09. The first-order valence-electron chi connectivity index (χ1n) is 4.72. The van der Waals surface area contributed by atoms with Gasteiger partial charge in [-0.2, -0.15) is 0 Å². The van der Waals surface area contributed by atoms with E-state index in [2.05, 4.69) is 19.9 Å². The summed E-state index contributed by atoms with van der Waals surface area (Å²) in [7, 11) is 0. The smallest absolute Gasteiger partial charge is 0.193 e. The average molecular weight is 233 g/mol. The van der Waals surface area contributed by atoms with Crippen molar-refractivity contribution in [3.05, 3.63) is 29.8 Å². The lowest BCUT2D eigenvalue weighted by atomic mass is 10.3. The zero-order chi connectivity index (χ0) is 11.5. The van der Waals surface area contributed by atoms with Crippen LogP contribution >= 0.6 is 11.8 Å². The van der Waals surface area contributed by atoms with Crippen LogP contribution in [0.25, 0.3) is 0 Å². The molecule has 0 radical (unpaired) electrons. The highest BCUT2D eigenvalue weighted by atomic mass is 32.2. The summed E-state index contributed by atoms with van der Waals surface area (Å²) in [4.78, 5) is 16.7. The molecule has 2 aromatic rings. The zero-order valence-corrected chi connectivity index (χ0v) is 9.82. The Morgan fingerprint density at radius 3 is 2.50 bits per heavy atom. The average Bonchev–Trinajstić information content (AvgIpc) is 2.27. The standard InChI is InChI=1S/C10H11N5S/c1-6-8(11)14-7(2)15-9(6)16-10-12-4-3-5-13-10/h3-5H,1-2H3,(H2,11,14,15). The van der Waals surface area contributed by atoms with E-state index >= 15 is 0 Å². The lowest BCUT2D eigenvalue weighted by molar-refractivity contribution is 0.924. The van der Waals surface area contributed by atoms with Gasteiger partial charge in [0, 0.05) is 18.0 Å². The summed E-state index contributed by atoms with van der Waals surface area (Å²) in [6.07, 6.45) is 3.39. The first-order chi connectivity index (χ1) is 7.66. The molecule has 82 valence electrons. The molecular weight excluding hydrogens is 222 g/mol. The normalized spacial score (nSPS) is 10.4. The first kappa shape index (κ1) is 10.8. The molecule has 16 heavy (non-hydrogen) atoms. The number of hydrogen-bond acceptors (Lipinski definition) is 6. The Bertz CT molecular complexity index is 500. The van der Waals surface area contributed by atoms with Crippen LogP contribution in [0.4, 0.5) is 5.82 Å². The number of nitrogens with zero attached hydrogens (tertiary/aromatic N) is 4. The van der Waals surface area contributed by atoms with Crippen molar-refractivity contribution in [1.82, 2.24) is 19.9 Å². The number of aromatic nitrogens is 4. The van der Waals surface area contributed by atoms with Crippen molar-refractivity contribution in [1.29, 1.82) is 0 Å². The van der Waals surface area contributed by atoms with Gasteiger partial charge in [-0.3, -0.25) is 0 Å². The highest BCUT2D eigenvalue weighted by molar-refractivity contribution is 7.99. The van der Waals surface area contributed by atoms with Gasteiger partial charge in [0.15, 0.2) is 5.16 Å². The van der Waals surface area contributed by atoms with Crippen molar-refractivity contribution in [3.8, 4) is 0 Å². The number of aryl methyl sites for hydroxylation is 1. The zero-order valence-electron chi connectivity index (χ0n) is 9.01. The molecule has 0 atom stereocenters. The van der Waals surface area contributed by atoms with Crippen molar-refractivity contribution in [2.45, 2.75) is 24.0 Å². The Morgan fingerprint density at radius 1 is 1.12 bits per heavy atom. The van der Waals surface area contributed by atoms with Crippen LogP contribution in [-0.2, 0) is 0 Å². The lowest BCUT2D eigenvalue weighted by Crippen LogP contribution is -2.01. The summed E-state index contributed by atoms with van der Waals surface area (Å²) in [5.41, 5.74) is 6.63. The monoisotopic (exact) mass is 233 g/mol. The van der Waals surface area contributed by atoms with E-state index in [9.17, 15) is 0 Å². The summed E-state index contributed by atoms with van der Waals surface area (Å²) < 4.78 is 0. The second kappa shape index (κ2) is 4.44. The molecule has 2 N–H and O–H groups in total. The van der Waals surface area contributed by atoms with E-state index in [4.69, 9.17) is 5.73 Å². The summed E-state index contributed by atoms with van der Waals surface area (Å²) in [5, 5.41) is 1.46. The van der Waals surface area contributed by atoms with Crippen LogP contribution in [0.15, 0.2) is 28.6 Å². The van der Waals surface area contributed by atoms with E-state index in [0.29, 0.717) is 16.8 Å². The molecule has 2 rings (SSSR count). The fourth-order valence-electron chi connectivity index (χ4n) is 1.15. The fraction of sp³-hybridized carbons (Fsp3) is 0.200. The van der Waals surface area contributed by atoms with Gasteiger partial charge in [0.1, 0.15) is 16.7 Å². The molecule has 0 bridgehead atoms. The van der Waals surface area contributed by atoms with Crippen LogP contribution in [0, 0.1) is 13.8 Å². The Morgan fingerprint density at radius 2 is 1.81 bits per heavy atom. The summed E-state index contributed by atoms with van der Waals surface area (Å²) in [5.74, 6) is 1.16. The molecule has 0 aromatic carbocycles. The lowest BCUT2D eigenvalue weighted by Gasteiger charge is -2.06. The predicted octanol–water partition coefficient (Wildman–Crippen LogP) is 1.62. The molecule has 0 spiro atoms. The maximum Gasteiger partial charge on any atom is 0.193 e. The molecule has 0 aliphatic heterocycles. The molecule has 0 amide bonds. The first-order valence-corrected chi connectivity index (χ1v) is 5.54. The highest BCUT2D eigenvalue weighted by Crippen LogP contribution is 2.27. The minimum absolute atomic E-state index is 0.505. The number of nitrogens with two attached hydrogens (primary N) is 1. The van der Waals surface area contributed by atoms with Crippen molar-refractivity contribution in [2.75, 3.05) is 5.73 Å². The Hall–Kier alpha value is -1.69. The molecule has 0 saturated heterocycles. The van der Waals surface area contributed by atoms with E-state index in [1.807, 2.05) is 13.8 Å². The molecule has 6 heteroatoms. The molecular formula is C10H11N5S. The predicted molar refractivity (Wildman–Crippen MR) is 62.1 cm³/mol. The Labute approximate surface area is 97.6 Å².